The molecule has 3 aromatic rings. The summed E-state index contributed by atoms with van der Waals surface area (Å²) in [6.07, 6.45) is 3.18. The molecule has 3 heterocycles. The van der Waals surface area contributed by atoms with Crippen molar-refractivity contribution < 1.29 is 38.7 Å². The number of aliphatic hydroxyl groups excluding tert-OH is 1. The van der Waals surface area contributed by atoms with Crippen molar-refractivity contribution in [3.05, 3.63) is 95.1 Å². The molecular formula is C38H46N2O8. The van der Waals surface area contributed by atoms with Crippen molar-refractivity contribution >= 4 is 11.9 Å². The van der Waals surface area contributed by atoms with Crippen LogP contribution in [0.15, 0.2) is 72.8 Å². The number of amides is 1. The molecule has 256 valence electrons. The van der Waals surface area contributed by atoms with Crippen LogP contribution >= 0.6 is 0 Å². The Morgan fingerprint density at radius 2 is 1.54 bits per heavy atom. The number of ether oxygens (including phenoxy) is 4. The average molecular weight is 659 g/mol. The maximum atomic E-state index is 12.2. The van der Waals surface area contributed by atoms with Gasteiger partial charge in [-0.25, -0.2) is 0 Å². The van der Waals surface area contributed by atoms with Crippen LogP contribution in [0.1, 0.15) is 79.6 Å². The Balaban J connectivity index is 1.10. The molecule has 48 heavy (non-hydrogen) atoms. The molecule has 3 aliphatic rings. The number of rotatable bonds is 13. The molecule has 0 bridgehead atoms. The number of hydrogen-bond donors (Lipinski definition) is 3. The normalized spacial score (nSPS) is 22.5. The molecule has 3 atom stereocenters. The van der Waals surface area contributed by atoms with E-state index in [1.54, 1.807) is 0 Å². The van der Waals surface area contributed by atoms with Crippen LogP contribution in [0.4, 0.5) is 0 Å². The predicted molar refractivity (Wildman–Crippen MR) is 179 cm³/mol. The number of carboxylic acids is 1. The van der Waals surface area contributed by atoms with Gasteiger partial charge in [0.25, 0.3) is 0 Å². The molecule has 1 spiro atoms. The molecule has 3 saturated heterocycles. The van der Waals surface area contributed by atoms with E-state index in [1.165, 1.54) is 0 Å². The largest absolute Gasteiger partial charge is 0.481 e. The zero-order chi connectivity index (χ0) is 33.3. The smallest absolute Gasteiger partial charge is 0.303 e. The monoisotopic (exact) mass is 658 g/mol. The van der Waals surface area contributed by atoms with E-state index < -0.39 is 18.0 Å². The lowest BCUT2D eigenvalue weighted by Gasteiger charge is -2.41. The quantitative estimate of drug-likeness (QED) is 0.204. The van der Waals surface area contributed by atoms with Gasteiger partial charge in [0, 0.05) is 63.8 Å². The lowest BCUT2D eigenvalue weighted by molar-refractivity contribution is -0.255. The van der Waals surface area contributed by atoms with Crippen molar-refractivity contribution in [2.75, 3.05) is 32.8 Å². The van der Waals surface area contributed by atoms with E-state index in [1.807, 2.05) is 42.5 Å². The van der Waals surface area contributed by atoms with E-state index in [0.29, 0.717) is 39.0 Å². The van der Waals surface area contributed by atoms with Gasteiger partial charge in [-0.3, -0.25) is 9.59 Å². The van der Waals surface area contributed by atoms with Gasteiger partial charge < -0.3 is 39.4 Å². The van der Waals surface area contributed by atoms with E-state index in [-0.39, 0.29) is 31.1 Å². The zero-order valence-electron chi connectivity index (χ0n) is 27.4. The Morgan fingerprint density at radius 3 is 2.25 bits per heavy atom. The molecule has 3 aliphatic heterocycles. The van der Waals surface area contributed by atoms with E-state index >= 15 is 0 Å². The Morgan fingerprint density at radius 1 is 0.833 bits per heavy atom. The third-order valence-electron chi connectivity index (χ3n) is 9.49. The van der Waals surface area contributed by atoms with Crippen LogP contribution in [0.2, 0.25) is 0 Å². The van der Waals surface area contributed by atoms with Crippen molar-refractivity contribution in [1.82, 2.24) is 10.2 Å². The van der Waals surface area contributed by atoms with Crippen molar-refractivity contribution in [3.63, 3.8) is 0 Å². The Bertz CT molecular complexity index is 1500. The number of nitrogens with zero attached hydrogens (tertiary/aromatic N) is 1. The van der Waals surface area contributed by atoms with E-state index in [0.717, 1.165) is 72.3 Å². The summed E-state index contributed by atoms with van der Waals surface area (Å²) in [4.78, 5) is 25.3. The van der Waals surface area contributed by atoms with Crippen LogP contribution in [-0.4, -0.2) is 71.7 Å². The Kier molecular flexibility index (Phi) is 11.5. The minimum atomic E-state index is -0.838. The molecule has 0 aliphatic carbocycles. The van der Waals surface area contributed by atoms with E-state index in [9.17, 15) is 14.7 Å². The van der Waals surface area contributed by atoms with Gasteiger partial charge in [-0.05, 0) is 46.7 Å². The summed E-state index contributed by atoms with van der Waals surface area (Å²) in [6.45, 7) is 4.34. The lowest BCUT2D eigenvalue weighted by Crippen LogP contribution is -2.48. The molecule has 3 aromatic carbocycles. The van der Waals surface area contributed by atoms with Gasteiger partial charge >= 0.3 is 5.97 Å². The summed E-state index contributed by atoms with van der Waals surface area (Å²) in [6, 6.07) is 24.3. The maximum Gasteiger partial charge on any atom is 0.303 e. The van der Waals surface area contributed by atoms with Crippen molar-refractivity contribution in [2.24, 2.45) is 0 Å². The van der Waals surface area contributed by atoms with Crippen molar-refractivity contribution in [2.45, 2.75) is 82.4 Å². The fourth-order valence-electron chi connectivity index (χ4n) is 6.73. The molecular weight excluding hydrogens is 612 g/mol. The second-order valence-electron chi connectivity index (χ2n) is 13.0. The number of aliphatic hydroxyl groups is 1. The third kappa shape index (κ3) is 9.07. The molecule has 3 fully saturated rings. The highest BCUT2D eigenvalue weighted by Gasteiger charge is 2.41. The summed E-state index contributed by atoms with van der Waals surface area (Å²) in [7, 11) is 0. The van der Waals surface area contributed by atoms with Gasteiger partial charge in [0.2, 0.25) is 5.91 Å². The van der Waals surface area contributed by atoms with Gasteiger partial charge in [-0.15, -0.1) is 0 Å². The van der Waals surface area contributed by atoms with Gasteiger partial charge in [-0.2, -0.15) is 0 Å². The highest BCUT2D eigenvalue weighted by atomic mass is 16.7. The standard InChI is InChI=1S/C38H46N2O8/c41-26-27-8-10-30(11-9-27)34-23-33(25-40-18-16-38(17-19-40)45-20-21-46-38)47-37(48-34)31-14-12-29(13-15-31)32-5-3-4-28(22-32)24-39-35(42)6-1-2-7-36(43)44/h3-5,8-15,22,33-34,37,41H,1-2,6-7,16-21,23-26H2,(H,39,42)(H,43,44). The molecule has 0 radical (unpaired) electrons. The van der Waals surface area contributed by atoms with Crippen molar-refractivity contribution in [1.29, 1.82) is 0 Å². The maximum absolute atomic E-state index is 12.2. The summed E-state index contributed by atoms with van der Waals surface area (Å²) < 4.78 is 25.1. The first-order valence-electron chi connectivity index (χ1n) is 17.1. The minimum Gasteiger partial charge on any atom is -0.481 e. The van der Waals surface area contributed by atoms with Crippen LogP contribution in [0.25, 0.3) is 11.1 Å². The number of piperidine rings is 1. The second-order valence-corrected chi connectivity index (χ2v) is 13.0. The van der Waals surface area contributed by atoms with Gasteiger partial charge in [0.1, 0.15) is 0 Å². The number of benzene rings is 3. The lowest BCUT2D eigenvalue weighted by atomic mass is 9.98. The number of nitrogens with one attached hydrogen (secondary N) is 1. The molecule has 0 aromatic heterocycles. The first-order chi connectivity index (χ1) is 23.4. The van der Waals surface area contributed by atoms with Crippen LogP contribution in [-0.2, 0) is 41.7 Å². The number of unbranched alkanes of at least 4 members (excludes halogenated alkanes) is 1. The zero-order valence-corrected chi connectivity index (χ0v) is 27.4. The number of carbonyl (C=O) groups excluding carboxylic acids is 1. The third-order valence-corrected chi connectivity index (χ3v) is 9.49. The predicted octanol–water partition coefficient (Wildman–Crippen LogP) is 5.49. The molecule has 1 amide bonds. The number of carboxylic acid groups (broad SMARTS) is 1. The first-order valence-corrected chi connectivity index (χ1v) is 17.1. The highest BCUT2D eigenvalue weighted by Crippen LogP contribution is 2.39. The number of likely N-dealkylation sites (tertiary alicyclic amines) is 1. The second kappa shape index (κ2) is 16.2. The molecule has 6 rings (SSSR count). The fraction of sp³-hybridized carbons (Fsp3) is 0.474. The molecule has 3 unspecified atom stereocenters. The molecule has 10 nitrogen and oxygen atoms in total. The minimum absolute atomic E-state index is 0.00409. The van der Waals surface area contributed by atoms with Gasteiger partial charge in [-0.1, -0.05) is 66.7 Å². The number of aliphatic carboxylic acids is 1. The van der Waals surface area contributed by atoms with Gasteiger partial charge in [0.15, 0.2) is 12.1 Å². The SMILES string of the molecule is O=C(O)CCCCC(=O)NCc1cccc(-c2ccc(C3OC(CN4CCC5(CC4)OCCO5)CC(c4ccc(CO)cc4)O3)cc2)c1. The van der Waals surface area contributed by atoms with E-state index in [2.05, 4.69) is 40.5 Å². The Hall–Kier alpha value is -3.64. The summed E-state index contributed by atoms with van der Waals surface area (Å²) >= 11 is 0. The molecule has 3 N–H and O–H groups in total. The summed E-state index contributed by atoms with van der Waals surface area (Å²) in [5, 5.41) is 21.3. The van der Waals surface area contributed by atoms with Crippen LogP contribution in [0.5, 0.6) is 0 Å². The van der Waals surface area contributed by atoms with Crippen LogP contribution in [0, 0.1) is 0 Å². The van der Waals surface area contributed by atoms with E-state index in [4.69, 9.17) is 24.1 Å². The summed E-state index contributed by atoms with van der Waals surface area (Å²) in [5.41, 5.74) is 5.95. The number of carbonyl (C=O) groups is 2. The van der Waals surface area contributed by atoms with Crippen LogP contribution in [0.3, 0.4) is 0 Å². The van der Waals surface area contributed by atoms with Gasteiger partial charge in [0.05, 0.1) is 32.0 Å². The van der Waals surface area contributed by atoms with Crippen LogP contribution < -0.4 is 5.32 Å². The molecule has 10 heteroatoms. The Labute approximate surface area is 282 Å². The average Bonchev–Trinajstić information content (AvgIpc) is 3.58. The first kappa shape index (κ1) is 34.2. The highest BCUT2D eigenvalue weighted by molar-refractivity contribution is 5.76. The fourth-order valence-corrected chi connectivity index (χ4v) is 6.73. The molecule has 0 saturated carbocycles. The topological polar surface area (TPSA) is 127 Å². The van der Waals surface area contributed by atoms with Crippen molar-refractivity contribution in [3.8, 4) is 11.1 Å². The summed E-state index contributed by atoms with van der Waals surface area (Å²) in [5.74, 6) is -1.33. The number of hydrogen-bond acceptors (Lipinski definition) is 8.